The third-order valence-corrected chi connectivity index (χ3v) is 5.16. The van der Waals surface area contributed by atoms with E-state index in [1.807, 2.05) is 0 Å². The van der Waals surface area contributed by atoms with Gasteiger partial charge in [0.1, 0.15) is 0 Å². The van der Waals surface area contributed by atoms with Crippen molar-refractivity contribution in [3.63, 3.8) is 0 Å². The molecule has 1 unspecified atom stereocenters. The maximum absolute atomic E-state index is 3.74. The lowest BCUT2D eigenvalue weighted by Crippen LogP contribution is -2.30. The fourth-order valence-electron chi connectivity index (χ4n) is 2.69. The van der Waals surface area contributed by atoms with Gasteiger partial charge in [-0.25, -0.2) is 0 Å². The highest BCUT2D eigenvalue weighted by molar-refractivity contribution is 9.10. The van der Waals surface area contributed by atoms with Gasteiger partial charge in [-0.3, -0.25) is 4.90 Å². The molecule has 118 valence electrons. The van der Waals surface area contributed by atoms with E-state index in [0.29, 0.717) is 12.0 Å². The van der Waals surface area contributed by atoms with Gasteiger partial charge < -0.3 is 5.32 Å². The van der Waals surface area contributed by atoms with E-state index < -0.39 is 0 Å². The predicted molar refractivity (Wildman–Crippen MR) is 94.3 cm³/mol. The van der Waals surface area contributed by atoms with Gasteiger partial charge in [-0.05, 0) is 62.4 Å². The lowest BCUT2D eigenvalue weighted by Gasteiger charge is -2.25. The van der Waals surface area contributed by atoms with Gasteiger partial charge in [0.25, 0.3) is 0 Å². The van der Waals surface area contributed by atoms with E-state index in [-0.39, 0.29) is 0 Å². The van der Waals surface area contributed by atoms with Crippen LogP contribution in [0.5, 0.6) is 0 Å². The molecule has 0 bridgehead atoms. The van der Waals surface area contributed by atoms with Crippen LogP contribution in [0.15, 0.2) is 22.7 Å². The normalized spacial score (nSPS) is 16.7. The molecule has 1 atom stereocenters. The van der Waals surface area contributed by atoms with E-state index in [2.05, 4.69) is 72.2 Å². The number of halogens is 1. The molecule has 1 fully saturated rings. The van der Waals surface area contributed by atoms with Gasteiger partial charge in [0.15, 0.2) is 0 Å². The summed E-state index contributed by atoms with van der Waals surface area (Å²) in [4.78, 5) is 2.48. The molecule has 2 rings (SSSR count). The second-order valence-corrected chi connectivity index (χ2v) is 7.80. The second-order valence-electron chi connectivity index (χ2n) is 6.94. The number of hydrogen-bond acceptors (Lipinski definition) is 2. The summed E-state index contributed by atoms with van der Waals surface area (Å²) in [6, 6.07) is 7.48. The number of nitrogens with one attached hydrogen (secondary N) is 1. The average molecular weight is 353 g/mol. The molecule has 1 aliphatic rings. The van der Waals surface area contributed by atoms with Gasteiger partial charge in [-0.15, -0.1) is 0 Å². The van der Waals surface area contributed by atoms with E-state index in [4.69, 9.17) is 0 Å². The zero-order chi connectivity index (χ0) is 15.4. The largest absolute Gasteiger partial charge is 0.312 e. The van der Waals surface area contributed by atoms with E-state index in [0.717, 1.165) is 25.6 Å². The highest BCUT2D eigenvalue weighted by atomic mass is 79.9. The Hall–Kier alpha value is -0.380. The van der Waals surface area contributed by atoms with E-state index in [9.17, 15) is 0 Å². The molecule has 1 aromatic carbocycles. The van der Waals surface area contributed by atoms with Crippen molar-refractivity contribution in [3.8, 4) is 0 Å². The molecule has 0 spiro atoms. The predicted octanol–water partition coefficient (Wildman–Crippen LogP) is 4.43. The van der Waals surface area contributed by atoms with Crippen LogP contribution in [-0.2, 0) is 13.1 Å². The summed E-state index contributed by atoms with van der Waals surface area (Å²) < 4.78 is 1.24. The smallest absolute Gasteiger partial charge is 0.0244 e. The standard InChI is InChI=1S/C18H29BrN2/c1-13(2)10-20-11-15-5-6-17(18(19)9-15)12-21(4)14(3)16-7-8-16/h5-6,9,13-14,16,20H,7-8,10-12H2,1-4H3. The Labute approximate surface area is 138 Å². The molecule has 0 aromatic heterocycles. The third kappa shape index (κ3) is 5.39. The first-order valence-electron chi connectivity index (χ1n) is 8.15. The van der Waals surface area contributed by atoms with Crippen LogP contribution in [0.1, 0.15) is 44.7 Å². The minimum atomic E-state index is 0.698. The summed E-state index contributed by atoms with van der Waals surface area (Å²) in [6.07, 6.45) is 2.82. The molecular formula is C18H29BrN2. The van der Waals surface area contributed by atoms with Crippen molar-refractivity contribution >= 4 is 15.9 Å². The first-order valence-corrected chi connectivity index (χ1v) is 8.95. The minimum absolute atomic E-state index is 0.698. The average Bonchev–Trinajstić information content (AvgIpc) is 3.24. The maximum Gasteiger partial charge on any atom is 0.0244 e. The van der Waals surface area contributed by atoms with Crippen molar-refractivity contribution < 1.29 is 0 Å². The van der Waals surface area contributed by atoms with Crippen LogP contribution >= 0.6 is 15.9 Å². The Morgan fingerprint density at radius 3 is 2.57 bits per heavy atom. The van der Waals surface area contributed by atoms with Crippen LogP contribution in [0, 0.1) is 11.8 Å². The topological polar surface area (TPSA) is 15.3 Å². The fourth-order valence-corrected chi connectivity index (χ4v) is 3.24. The molecule has 3 heteroatoms. The summed E-state index contributed by atoms with van der Waals surface area (Å²) in [6.45, 7) is 9.88. The van der Waals surface area contributed by atoms with Gasteiger partial charge in [-0.2, -0.15) is 0 Å². The third-order valence-electron chi connectivity index (χ3n) is 4.42. The van der Waals surface area contributed by atoms with Gasteiger partial charge in [-0.1, -0.05) is 41.9 Å². The van der Waals surface area contributed by atoms with Crippen LogP contribution in [0.3, 0.4) is 0 Å². The molecule has 0 amide bonds. The van der Waals surface area contributed by atoms with Gasteiger partial charge in [0.05, 0.1) is 0 Å². The number of hydrogen-bond donors (Lipinski definition) is 1. The van der Waals surface area contributed by atoms with Crippen molar-refractivity contribution in [2.75, 3.05) is 13.6 Å². The number of nitrogens with zero attached hydrogens (tertiary/aromatic N) is 1. The van der Waals surface area contributed by atoms with Crippen LogP contribution in [0.4, 0.5) is 0 Å². The number of rotatable bonds is 8. The van der Waals surface area contributed by atoms with Crippen LogP contribution in [0.2, 0.25) is 0 Å². The molecule has 21 heavy (non-hydrogen) atoms. The summed E-state index contributed by atoms with van der Waals surface area (Å²) in [5.41, 5.74) is 2.74. The SMILES string of the molecule is CC(C)CNCc1ccc(CN(C)C(C)C2CC2)c(Br)c1. The molecule has 2 nitrogen and oxygen atoms in total. The highest BCUT2D eigenvalue weighted by Gasteiger charge is 2.30. The Kier molecular flexibility index (Phi) is 6.27. The second kappa shape index (κ2) is 7.75. The van der Waals surface area contributed by atoms with Crippen molar-refractivity contribution in [1.82, 2.24) is 10.2 Å². The van der Waals surface area contributed by atoms with Gasteiger partial charge in [0, 0.05) is 23.6 Å². The highest BCUT2D eigenvalue weighted by Crippen LogP contribution is 2.35. The molecule has 0 heterocycles. The van der Waals surface area contributed by atoms with Crippen LogP contribution in [-0.4, -0.2) is 24.5 Å². The maximum atomic E-state index is 3.74. The molecule has 0 saturated heterocycles. The van der Waals surface area contributed by atoms with E-state index in [1.54, 1.807) is 0 Å². The van der Waals surface area contributed by atoms with E-state index in [1.165, 1.54) is 28.4 Å². The van der Waals surface area contributed by atoms with Gasteiger partial charge in [0.2, 0.25) is 0 Å². The molecule has 0 radical (unpaired) electrons. The number of benzene rings is 1. The zero-order valence-corrected chi connectivity index (χ0v) is 15.4. The summed E-state index contributed by atoms with van der Waals surface area (Å²) >= 11 is 3.74. The molecule has 1 aromatic rings. The van der Waals surface area contributed by atoms with Crippen molar-refractivity contribution in [2.45, 2.75) is 52.7 Å². The Balaban J connectivity index is 1.89. The molecule has 1 aliphatic carbocycles. The molecule has 1 saturated carbocycles. The first-order chi connectivity index (χ1) is 9.97. The first kappa shape index (κ1) is 17.0. The van der Waals surface area contributed by atoms with Crippen molar-refractivity contribution in [1.29, 1.82) is 0 Å². The molecule has 0 aliphatic heterocycles. The van der Waals surface area contributed by atoms with Crippen LogP contribution < -0.4 is 5.32 Å². The zero-order valence-electron chi connectivity index (χ0n) is 13.8. The Bertz CT molecular complexity index is 455. The summed E-state index contributed by atoms with van der Waals surface area (Å²) in [7, 11) is 2.24. The molecule has 1 N–H and O–H groups in total. The van der Waals surface area contributed by atoms with Crippen molar-refractivity contribution in [3.05, 3.63) is 33.8 Å². The minimum Gasteiger partial charge on any atom is -0.312 e. The van der Waals surface area contributed by atoms with Gasteiger partial charge >= 0.3 is 0 Å². The monoisotopic (exact) mass is 352 g/mol. The van der Waals surface area contributed by atoms with E-state index >= 15 is 0 Å². The Morgan fingerprint density at radius 2 is 2.00 bits per heavy atom. The summed E-state index contributed by atoms with van der Waals surface area (Å²) in [5, 5.41) is 3.50. The Morgan fingerprint density at radius 1 is 1.29 bits per heavy atom. The lowest BCUT2D eigenvalue weighted by molar-refractivity contribution is 0.226. The van der Waals surface area contributed by atoms with Crippen molar-refractivity contribution in [2.24, 2.45) is 11.8 Å². The lowest BCUT2D eigenvalue weighted by atomic mass is 10.1. The quantitative estimate of drug-likeness (QED) is 0.744. The summed E-state index contributed by atoms with van der Waals surface area (Å²) in [5.74, 6) is 1.62. The fraction of sp³-hybridized carbons (Fsp3) is 0.667. The molecular weight excluding hydrogens is 324 g/mol. The van der Waals surface area contributed by atoms with Crippen LogP contribution in [0.25, 0.3) is 0 Å².